The van der Waals surface area contributed by atoms with E-state index in [9.17, 15) is 13.2 Å². The van der Waals surface area contributed by atoms with Crippen LogP contribution in [0.15, 0.2) is 89.4 Å². The number of hydrazone groups is 1. The molecule has 36 heavy (non-hydrogen) atoms. The van der Waals surface area contributed by atoms with Crippen molar-refractivity contribution in [1.82, 2.24) is 5.43 Å². The molecule has 0 saturated heterocycles. The number of anilines is 1. The van der Waals surface area contributed by atoms with Crippen LogP contribution in [0.1, 0.15) is 11.1 Å². The maximum atomic E-state index is 13.4. The van der Waals surface area contributed by atoms with E-state index in [1.807, 2.05) is 0 Å². The quantitative estimate of drug-likeness (QED) is 0.224. The fraction of sp³-hybridized carbons (Fsp3) is 0.154. The lowest BCUT2D eigenvalue weighted by Crippen LogP contribution is -2.40. The average Bonchev–Trinajstić information content (AvgIpc) is 2.88. The third-order valence-corrected chi connectivity index (χ3v) is 7.01. The molecule has 0 spiro atoms. The van der Waals surface area contributed by atoms with Gasteiger partial charge in [-0.2, -0.15) is 5.10 Å². The summed E-state index contributed by atoms with van der Waals surface area (Å²) in [5.41, 5.74) is 3.95. The second-order valence-corrected chi connectivity index (χ2v) is 9.86. The number of amides is 1. The molecule has 0 atom stereocenters. The largest absolute Gasteiger partial charge is 0.493 e. The van der Waals surface area contributed by atoms with E-state index < -0.39 is 22.5 Å². The molecule has 0 heterocycles. The van der Waals surface area contributed by atoms with E-state index in [0.717, 1.165) is 4.31 Å². The normalized spacial score (nSPS) is 11.2. The first-order valence-electron chi connectivity index (χ1n) is 10.8. The van der Waals surface area contributed by atoms with Crippen LogP contribution in [0.5, 0.6) is 11.5 Å². The Labute approximate surface area is 215 Å². The fourth-order valence-electron chi connectivity index (χ4n) is 3.25. The van der Waals surface area contributed by atoms with Crippen LogP contribution in [0.25, 0.3) is 0 Å². The van der Waals surface area contributed by atoms with E-state index in [4.69, 9.17) is 21.1 Å². The third-order valence-electron chi connectivity index (χ3n) is 5.01. The van der Waals surface area contributed by atoms with Gasteiger partial charge >= 0.3 is 0 Å². The van der Waals surface area contributed by atoms with Crippen molar-refractivity contribution in [3.05, 3.63) is 95.5 Å². The highest BCUT2D eigenvalue weighted by molar-refractivity contribution is 7.92. The number of ether oxygens (including phenoxy) is 2. The number of rotatable bonds is 11. The summed E-state index contributed by atoms with van der Waals surface area (Å²) < 4.78 is 38.7. The number of carbonyl (C=O) groups is 1. The first kappa shape index (κ1) is 26.8. The number of hydrogen-bond donors (Lipinski definition) is 1. The standard InChI is InChI=1S/C26H26ClN3O5S/c1-4-14-35-24-13-11-20(15-25(24)34-3)17-28-29-26(31)18-30(23-16-21(27)12-10-19(23)2)36(32,33)22-8-6-5-7-9-22/h4-13,15-17H,1,14,18H2,2-3H3,(H,29,31)/b28-17-. The number of nitrogens with zero attached hydrogens (tertiary/aromatic N) is 2. The molecule has 0 radical (unpaired) electrons. The molecule has 8 nitrogen and oxygen atoms in total. The summed E-state index contributed by atoms with van der Waals surface area (Å²) in [6, 6.07) is 17.9. The highest BCUT2D eigenvalue weighted by Crippen LogP contribution is 2.30. The molecule has 3 aromatic rings. The summed E-state index contributed by atoms with van der Waals surface area (Å²) in [6.45, 7) is 5.17. The van der Waals surface area contributed by atoms with Crippen molar-refractivity contribution in [3.8, 4) is 11.5 Å². The molecule has 10 heteroatoms. The minimum atomic E-state index is -4.06. The smallest absolute Gasteiger partial charge is 0.264 e. The topological polar surface area (TPSA) is 97.3 Å². The summed E-state index contributed by atoms with van der Waals surface area (Å²) in [5.74, 6) is 0.393. The summed E-state index contributed by atoms with van der Waals surface area (Å²) in [5, 5.41) is 4.31. The van der Waals surface area contributed by atoms with Gasteiger partial charge in [0.05, 0.1) is 23.9 Å². The molecule has 0 aliphatic rings. The van der Waals surface area contributed by atoms with Crippen LogP contribution in [0.4, 0.5) is 5.69 Å². The molecule has 0 saturated carbocycles. The van der Waals surface area contributed by atoms with E-state index in [0.29, 0.717) is 39.9 Å². The van der Waals surface area contributed by atoms with Crippen molar-refractivity contribution < 1.29 is 22.7 Å². The second kappa shape index (κ2) is 12.2. The highest BCUT2D eigenvalue weighted by Gasteiger charge is 2.28. The summed E-state index contributed by atoms with van der Waals surface area (Å²) >= 11 is 6.14. The minimum absolute atomic E-state index is 0.0477. The van der Waals surface area contributed by atoms with E-state index in [-0.39, 0.29) is 4.90 Å². The minimum Gasteiger partial charge on any atom is -0.493 e. The van der Waals surface area contributed by atoms with Crippen molar-refractivity contribution in [2.45, 2.75) is 11.8 Å². The molecular weight excluding hydrogens is 502 g/mol. The van der Waals surface area contributed by atoms with Gasteiger partial charge in [0.25, 0.3) is 15.9 Å². The van der Waals surface area contributed by atoms with Gasteiger partial charge in [-0.1, -0.05) is 48.5 Å². The Hall–Kier alpha value is -3.82. The van der Waals surface area contributed by atoms with Gasteiger partial charge in [0.15, 0.2) is 11.5 Å². The predicted molar refractivity (Wildman–Crippen MR) is 142 cm³/mol. The average molecular weight is 528 g/mol. The van der Waals surface area contributed by atoms with E-state index in [1.165, 1.54) is 31.5 Å². The Kier molecular flexibility index (Phi) is 9.10. The zero-order valence-corrected chi connectivity index (χ0v) is 21.4. The van der Waals surface area contributed by atoms with Gasteiger partial charge in [0.1, 0.15) is 13.2 Å². The van der Waals surface area contributed by atoms with Crippen LogP contribution in [0.2, 0.25) is 5.02 Å². The van der Waals surface area contributed by atoms with Crippen LogP contribution < -0.4 is 19.2 Å². The molecule has 0 aromatic heterocycles. The Morgan fingerprint density at radius 3 is 2.56 bits per heavy atom. The summed E-state index contributed by atoms with van der Waals surface area (Å²) in [7, 11) is -2.55. The summed E-state index contributed by atoms with van der Waals surface area (Å²) in [4.78, 5) is 12.8. The number of methoxy groups -OCH3 is 1. The van der Waals surface area contributed by atoms with Gasteiger partial charge in [-0.25, -0.2) is 13.8 Å². The van der Waals surface area contributed by atoms with E-state index in [1.54, 1.807) is 61.5 Å². The van der Waals surface area contributed by atoms with Gasteiger partial charge < -0.3 is 9.47 Å². The molecule has 0 aliphatic heterocycles. The fourth-order valence-corrected chi connectivity index (χ4v) is 4.91. The number of aryl methyl sites for hydroxylation is 1. The molecule has 0 aliphatic carbocycles. The van der Waals surface area contributed by atoms with Crippen LogP contribution >= 0.6 is 11.6 Å². The van der Waals surface area contributed by atoms with Gasteiger partial charge in [0.2, 0.25) is 0 Å². The number of sulfonamides is 1. The summed E-state index contributed by atoms with van der Waals surface area (Å²) in [6.07, 6.45) is 3.04. The van der Waals surface area contributed by atoms with Crippen molar-refractivity contribution in [2.75, 3.05) is 24.6 Å². The first-order chi connectivity index (χ1) is 17.3. The van der Waals surface area contributed by atoms with Crippen molar-refractivity contribution >= 4 is 39.4 Å². The Morgan fingerprint density at radius 1 is 1.11 bits per heavy atom. The molecule has 0 bridgehead atoms. The molecule has 3 aromatic carbocycles. The molecule has 1 amide bonds. The number of carbonyl (C=O) groups excluding carboxylic acids is 1. The molecule has 3 rings (SSSR count). The van der Waals surface area contributed by atoms with Crippen LogP contribution in [-0.4, -0.2) is 40.8 Å². The molecule has 0 fully saturated rings. The Balaban J connectivity index is 1.81. The Bertz CT molecular complexity index is 1360. The lowest BCUT2D eigenvalue weighted by Gasteiger charge is -2.25. The first-order valence-corrected chi connectivity index (χ1v) is 12.7. The highest BCUT2D eigenvalue weighted by atomic mass is 35.5. The molecule has 0 unspecified atom stereocenters. The lowest BCUT2D eigenvalue weighted by molar-refractivity contribution is -0.119. The molecule has 188 valence electrons. The molecular formula is C26H26ClN3O5S. The number of halogens is 1. The van der Waals surface area contributed by atoms with Gasteiger partial charge in [-0.3, -0.25) is 9.10 Å². The maximum Gasteiger partial charge on any atom is 0.264 e. The number of hydrogen-bond acceptors (Lipinski definition) is 6. The zero-order chi connectivity index (χ0) is 26.1. The monoisotopic (exact) mass is 527 g/mol. The van der Waals surface area contributed by atoms with Crippen LogP contribution in [0.3, 0.4) is 0 Å². The van der Waals surface area contributed by atoms with Gasteiger partial charge in [-0.05, 0) is 60.5 Å². The van der Waals surface area contributed by atoms with Crippen molar-refractivity contribution in [2.24, 2.45) is 5.10 Å². The number of nitrogens with one attached hydrogen (secondary N) is 1. The molecule has 1 N–H and O–H groups in total. The van der Waals surface area contributed by atoms with Crippen LogP contribution in [0, 0.1) is 6.92 Å². The van der Waals surface area contributed by atoms with E-state index >= 15 is 0 Å². The van der Waals surface area contributed by atoms with Crippen LogP contribution in [-0.2, 0) is 14.8 Å². The third kappa shape index (κ3) is 6.65. The van der Waals surface area contributed by atoms with E-state index in [2.05, 4.69) is 17.1 Å². The zero-order valence-electron chi connectivity index (χ0n) is 19.8. The van der Waals surface area contributed by atoms with Gasteiger partial charge in [-0.15, -0.1) is 0 Å². The SMILES string of the molecule is C=CCOc1ccc(/C=N\NC(=O)CN(c2cc(Cl)ccc2C)S(=O)(=O)c2ccccc2)cc1OC. The Morgan fingerprint density at radius 2 is 1.86 bits per heavy atom. The number of benzene rings is 3. The van der Waals surface area contributed by atoms with Gasteiger partial charge in [0, 0.05) is 5.02 Å². The second-order valence-electron chi connectivity index (χ2n) is 7.56. The maximum absolute atomic E-state index is 13.4. The lowest BCUT2D eigenvalue weighted by atomic mass is 10.2. The predicted octanol–water partition coefficient (Wildman–Crippen LogP) is 4.57. The van der Waals surface area contributed by atoms with Crippen molar-refractivity contribution in [3.63, 3.8) is 0 Å². The van der Waals surface area contributed by atoms with Crippen molar-refractivity contribution in [1.29, 1.82) is 0 Å².